The molecule has 9 heteroatoms. The minimum absolute atomic E-state index is 0.0597. The lowest BCUT2D eigenvalue weighted by atomic mass is 10.1. The number of aromatic nitrogens is 5. The van der Waals surface area contributed by atoms with Crippen molar-refractivity contribution in [3.8, 4) is 22.6 Å². The summed E-state index contributed by atoms with van der Waals surface area (Å²) in [5.41, 5.74) is 3.20. The number of imidazole rings is 1. The summed E-state index contributed by atoms with van der Waals surface area (Å²) in [7, 11) is 0. The Labute approximate surface area is 161 Å². The number of benzene rings is 1. The predicted octanol–water partition coefficient (Wildman–Crippen LogP) is 2.08. The van der Waals surface area contributed by atoms with E-state index in [2.05, 4.69) is 25.5 Å². The van der Waals surface area contributed by atoms with Gasteiger partial charge in [0.2, 0.25) is 17.6 Å². The SMILES string of the molecule is CC.O=C(CO)NCc1nc(-c2cccc(-c3cn4ncccc4n3)c2)no1. The molecule has 0 aliphatic rings. The normalized spacial score (nSPS) is 10.4. The fourth-order valence-corrected chi connectivity index (χ4v) is 2.46. The van der Waals surface area contributed by atoms with Crippen molar-refractivity contribution in [1.29, 1.82) is 0 Å². The Bertz CT molecular complexity index is 1040. The van der Waals surface area contributed by atoms with Crippen molar-refractivity contribution in [3.63, 3.8) is 0 Å². The van der Waals surface area contributed by atoms with Gasteiger partial charge in [-0.2, -0.15) is 10.1 Å². The van der Waals surface area contributed by atoms with Crippen LogP contribution in [0.5, 0.6) is 0 Å². The molecule has 1 amide bonds. The quantitative estimate of drug-likeness (QED) is 0.544. The number of carbonyl (C=O) groups is 1. The molecule has 3 heterocycles. The first-order valence-electron chi connectivity index (χ1n) is 8.84. The lowest BCUT2D eigenvalue weighted by Gasteiger charge is -1.99. The number of amides is 1. The van der Waals surface area contributed by atoms with Gasteiger partial charge in [-0.25, -0.2) is 9.50 Å². The highest BCUT2D eigenvalue weighted by Crippen LogP contribution is 2.24. The molecule has 0 bridgehead atoms. The topological polar surface area (TPSA) is 118 Å². The zero-order chi connectivity index (χ0) is 19.9. The van der Waals surface area contributed by atoms with Gasteiger partial charge in [-0.15, -0.1) is 0 Å². The summed E-state index contributed by atoms with van der Waals surface area (Å²) in [6.45, 7) is 3.47. The summed E-state index contributed by atoms with van der Waals surface area (Å²) in [5, 5.41) is 19.3. The second-order valence-electron chi connectivity index (χ2n) is 5.48. The van der Waals surface area contributed by atoms with Gasteiger partial charge in [0.1, 0.15) is 6.61 Å². The van der Waals surface area contributed by atoms with Gasteiger partial charge in [0.05, 0.1) is 18.4 Å². The molecule has 3 aromatic heterocycles. The van der Waals surface area contributed by atoms with Crippen LogP contribution in [0.15, 0.2) is 53.3 Å². The molecule has 0 unspecified atom stereocenters. The van der Waals surface area contributed by atoms with Gasteiger partial charge in [-0.1, -0.05) is 37.2 Å². The van der Waals surface area contributed by atoms with Gasteiger partial charge < -0.3 is 14.9 Å². The van der Waals surface area contributed by atoms with Crippen molar-refractivity contribution in [2.45, 2.75) is 20.4 Å². The van der Waals surface area contributed by atoms with Crippen LogP contribution in [0.4, 0.5) is 0 Å². The van der Waals surface area contributed by atoms with E-state index in [-0.39, 0.29) is 12.4 Å². The Kier molecular flexibility index (Phi) is 6.07. The fourth-order valence-electron chi connectivity index (χ4n) is 2.46. The Balaban J connectivity index is 0.00000109. The van der Waals surface area contributed by atoms with E-state index in [0.717, 1.165) is 22.5 Å². The van der Waals surface area contributed by atoms with E-state index >= 15 is 0 Å². The number of nitrogens with one attached hydrogen (secondary N) is 1. The molecule has 1 aromatic carbocycles. The molecule has 144 valence electrons. The first kappa shape index (κ1) is 19.2. The summed E-state index contributed by atoms with van der Waals surface area (Å²) >= 11 is 0. The van der Waals surface area contributed by atoms with Crippen molar-refractivity contribution in [3.05, 3.63) is 54.7 Å². The first-order chi connectivity index (χ1) is 13.7. The zero-order valence-corrected chi connectivity index (χ0v) is 15.5. The average molecular weight is 380 g/mol. The first-order valence-corrected chi connectivity index (χ1v) is 8.84. The maximum atomic E-state index is 11.1. The minimum Gasteiger partial charge on any atom is -0.387 e. The van der Waals surface area contributed by atoms with E-state index in [1.54, 1.807) is 10.7 Å². The molecule has 9 nitrogen and oxygen atoms in total. The summed E-state index contributed by atoms with van der Waals surface area (Å²) < 4.78 is 6.83. The molecule has 0 aliphatic carbocycles. The lowest BCUT2D eigenvalue weighted by Crippen LogP contribution is -2.25. The van der Waals surface area contributed by atoms with Crippen molar-refractivity contribution in [1.82, 2.24) is 30.1 Å². The van der Waals surface area contributed by atoms with E-state index in [1.807, 2.05) is 56.4 Å². The van der Waals surface area contributed by atoms with E-state index in [1.165, 1.54) is 0 Å². The summed E-state index contributed by atoms with van der Waals surface area (Å²) in [6.07, 6.45) is 3.55. The molecule has 4 rings (SSSR count). The lowest BCUT2D eigenvalue weighted by molar-refractivity contribution is -0.124. The average Bonchev–Trinajstić information content (AvgIpc) is 3.40. The summed E-state index contributed by atoms with van der Waals surface area (Å²) in [6, 6.07) is 11.3. The molecule has 0 fully saturated rings. The second kappa shape index (κ2) is 8.87. The van der Waals surface area contributed by atoms with Crippen molar-refractivity contribution in [2.24, 2.45) is 0 Å². The van der Waals surface area contributed by atoms with Crippen LogP contribution in [-0.2, 0) is 11.3 Å². The Morgan fingerprint density at radius 3 is 2.79 bits per heavy atom. The number of rotatable bonds is 5. The number of aliphatic hydroxyl groups is 1. The summed E-state index contributed by atoms with van der Waals surface area (Å²) in [5.74, 6) is 0.151. The van der Waals surface area contributed by atoms with Gasteiger partial charge >= 0.3 is 0 Å². The number of carbonyl (C=O) groups excluding carboxylic acids is 1. The number of fused-ring (bicyclic) bond motifs is 1. The molecule has 0 saturated carbocycles. The highest BCUT2D eigenvalue weighted by molar-refractivity contribution is 5.76. The van der Waals surface area contributed by atoms with Crippen LogP contribution >= 0.6 is 0 Å². The zero-order valence-electron chi connectivity index (χ0n) is 15.5. The van der Waals surface area contributed by atoms with E-state index in [4.69, 9.17) is 9.63 Å². The largest absolute Gasteiger partial charge is 0.387 e. The molecule has 0 aliphatic heterocycles. The van der Waals surface area contributed by atoms with Crippen LogP contribution in [-0.4, -0.2) is 42.4 Å². The van der Waals surface area contributed by atoms with Crippen LogP contribution in [0.3, 0.4) is 0 Å². The van der Waals surface area contributed by atoms with E-state index in [0.29, 0.717) is 5.82 Å². The van der Waals surface area contributed by atoms with E-state index in [9.17, 15) is 4.79 Å². The maximum Gasteiger partial charge on any atom is 0.246 e. The van der Waals surface area contributed by atoms with Crippen molar-refractivity contribution in [2.75, 3.05) is 6.61 Å². The maximum absolute atomic E-state index is 11.1. The fraction of sp³-hybridized carbons (Fsp3) is 0.211. The molecular weight excluding hydrogens is 360 g/mol. The number of hydrogen-bond acceptors (Lipinski definition) is 7. The van der Waals surface area contributed by atoms with Gasteiger partial charge in [-0.05, 0) is 18.2 Å². The van der Waals surface area contributed by atoms with Crippen molar-refractivity contribution < 1.29 is 14.4 Å². The minimum atomic E-state index is -0.586. The van der Waals surface area contributed by atoms with Crippen LogP contribution in [0, 0.1) is 0 Å². The molecule has 2 N–H and O–H groups in total. The molecule has 28 heavy (non-hydrogen) atoms. The third kappa shape index (κ3) is 4.21. The highest BCUT2D eigenvalue weighted by atomic mass is 16.5. The number of hydrogen-bond donors (Lipinski definition) is 2. The van der Waals surface area contributed by atoms with Gasteiger partial charge in [0.25, 0.3) is 0 Å². The summed E-state index contributed by atoms with van der Waals surface area (Å²) in [4.78, 5) is 19.9. The monoisotopic (exact) mass is 380 g/mol. The number of aliphatic hydroxyl groups excluding tert-OH is 1. The Morgan fingerprint density at radius 1 is 1.18 bits per heavy atom. The van der Waals surface area contributed by atoms with Crippen molar-refractivity contribution >= 4 is 11.6 Å². The predicted molar refractivity (Wildman–Crippen MR) is 102 cm³/mol. The Hall–Kier alpha value is -3.59. The molecule has 0 atom stereocenters. The second-order valence-corrected chi connectivity index (χ2v) is 5.48. The number of nitrogens with zero attached hydrogens (tertiary/aromatic N) is 5. The molecule has 0 spiro atoms. The third-order valence-corrected chi connectivity index (χ3v) is 3.70. The van der Waals surface area contributed by atoms with Gasteiger partial charge in [0, 0.05) is 17.3 Å². The van der Waals surface area contributed by atoms with Gasteiger partial charge in [0.15, 0.2) is 5.65 Å². The molecule has 0 saturated heterocycles. The standard InChI is InChI=1S/C17H14N6O3.C2H6/c24-10-15(25)18-8-16-21-17(22-26-16)12-4-1-3-11(7-12)13-9-23-14(20-13)5-2-6-19-23;1-2/h1-7,9,24H,8,10H2,(H,18,25);1-2H3. The third-order valence-electron chi connectivity index (χ3n) is 3.70. The Morgan fingerprint density at radius 2 is 2.00 bits per heavy atom. The van der Waals surface area contributed by atoms with E-state index < -0.39 is 12.5 Å². The molecular formula is C19H20N6O3. The van der Waals surface area contributed by atoms with Crippen LogP contribution in [0.1, 0.15) is 19.7 Å². The molecule has 0 radical (unpaired) electrons. The van der Waals surface area contributed by atoms with Gasteiger partial charge in [-0.3, -0.25) is 4.79 Å². The van der Waals surface area contributed by atoms with Crippen LogP contribution in [0.2, 0.25) is 0 Å². The van der Waals surface area contributed by atoms with Crippen LogP contribution in [0.25, 0.3) is 28.3 Å². The molecule has 4 aromatic rings. The van der Waals surface area contributed by atoms with Crippen LogP contribution < -0.4 is 5.32 Å². The smallest absolute Gasteiger partial charge is 0.246 e. The highest BCUT2D eigenvalue weighted by Gasteiger charge is 2.12.